The van der Waals surface area contributed by atoms with Gasteiger partial charge in [-0.05, 0) is 36.6 Å². The summed E-state index contributed by atoms with van der Waals surface area (Å²) < 4.78 is 5.30. The number of benzene rings is 2. The minimum absolute atomic E-state index is 0.172. The van der Waals surface area contributed by atoms with E-state index in [4.69, 9.17) is 16.2 Å². The number of hydrogen-bond donors (Lipinski definition) is 2. The van der Waals surface area contributed by atoms with Gasteiger partial charge in [-0.15, -0.1) is 0 Å². The molecule has 1 amide bonds. The summed E-state index contributed by atoms with van der Waals surface area (Å²) in [6.07, 6.45) is 1.90. The minimum Gasteiger partial charge on any atom is -0.496 e. The molecule has 0 aromatic heterocycles. The molecule has 0 aliphatic carbocycles. The molecule has 2 aromatic rings. The molecule has 1 aliphatic rings. The highest BCUT2D eigenvalue weighted by Crippen LogP contribution is 2.34. The molecule has 3 rings (SSSR count). The summed E-state index contributed by atoms with van der Waals surface area (Å²) in [6, 6.07) is 11.3. The third-order valence-corrected chi connectivity index (χ3v) is 4.03. The zero-order valence-electron chi connectivity index (χ0n) is 12.5. The zero-order valence-corrected chi connectivity index (χ0v) is 12.5. The van der Waals surface area contributed by atoms with Crippen LogP contribution in [0.15, 0.2) is 36.4 Å². The van der Waals surface area contributed by atoms with Crippen LogP contribution in [-0.2, 0) is 6.42 Å². The first-order valence-electron chi connectivity index (χ1n) is 7.25. The molecule has 0 radical (unpaired) electrons. The third-order valence-electron chi connectivity index (χ3n) is 4.03. The van der Waals surface area contributed by atoms with Crippen LogP contribution in [0.5, 0.6) is 5.75 Å². The second-order valence-corrected chi connectivity index (χ2v) is 5.33. The van der Waals surface area contributed by atoms with Crippen molar-refractivity contribution in [1.29, 1.82) is 0 Å². The molecule has 5 heteroatoms. The van der Waals surface area contributed by atoms with E-state index in [2.05, 4.69) is 6.07 Å². The van der Waals surface area contributed by atoms with Gasteiger partial charge in [-0.2, -0.15) is 0 Å². The monoisotopic (exact) mass is 297 g/mol. The van der Waals surface area contributed by atoms with Crippen LogP contribution in [-0.4, -0.2) is 19.6 Å². The molecule has 4 N–H and O–H groups in total. The van der Waals surface area contributed by atoms with Crippen LogP contribution in [0.25, 0.3) is 0 Å². The highest BCUT2D eigenvalue weighted by Gasteiger charge is 2.27. The summed E-state index contributed by atoms with van der Waals surface area (Å²) >= 11 is 0. The molecular formula is C17H19N3O2. The van der Waals surface area contributed by atoms with Gasteiger partial charge in [0.2, 0.25) is 0 Å². The van der Waals surface area contributed by atoms with Gasteiger partial charge in [0.25, 0.3) is 5.91 Å². The van der Waals surface area contributed by atoms with E-state index in [1.54, 1.807) is 17.0 Å². The van der Waals surface area contributed by atoms with E-state index in [9.17, 15) is 4.79 Å². The number of nitrogens with zero attached hydrogens (tertiary/aromatic N) is 1. The number of nitrogens with two attached hydrogens (primary N) is 2. The largest absolute Gasteiger partial charge is 0.496 e. The highest BCUT2D eigenvalue weighted by molar-refractivity contribution is 6.13. The van der Waals surface area contributed by atoms with Gasteiger partial charge in [0.1, 0.15) is 11.3 Å². The molecule has 114 valence electrons. The van der Waals surface area contributed by atoms with Crippen LogP contribution in [0.4, 0.5) is 17.1 Å². The van der Waals surface area contributed by atoms with Crippen molar-refractivity contribution in [3.05, 3.63) is 47.5 Å². The number of carbonyl (C=O) groups is 1. The third kappa shape index (κ3) is 2.24. The Hall–Kier alpha value is -2.69. The Morgan fingerprint density at radius 1 is 1.18 bits per heavy atom. The van der Waals surface area contributed by atoms with Gasteiger partial charge in [-0.3, -0.25) is 4.79 Å². The first-order chi connectivity index (χ1) is 10.6. The molecular weight excluding hydrogens is 278 g/mol. The molecule has 0 bridgehead atoms. The van der Waals surface area contributed by atoms with Crippen LogP contribution in [0, 0.1) is 0 Å². The quantitative estimate of drug-likeness (QED) is 0.834. The summed E-state index contributed by atoms with van der Waals surface area (Å²) in [4.78, 5) is 14.8. The summed E-state index contributed by atoms with van der Waals surface area (Å²) in [5.41, 5.74) is 15.0. The number of fused-ring (bicyclic) bond motifs is 1. The Morgan fingerprint density at radius 2 is 1.95 bits per heavy atom. The van der Waals surface area contributed by atoms with E-state index < -0.39 is 0 Å². The minimum atomic E-state index is -0.172. The molecule has 0 atom stereocenters. The fourth-order valence-corrected chi connectivity index (χ4v) is 2.89. The summed E-state index contributed by atoms with van der Waals surface area (Å²) in [6.45, 7) is 0.660. The van der Waals surface area contributed by atoms with Gasteiger partial charge in [-0.1, -0.05) is 18.2 Å². The van der Waals surface area contributed by atoms with Gasteiger partial charge < -0.3 is 21.1 Å². The average molecular weight is 297 g/mol. The first kappa shape index (κ1) is 14.3. The molecule has 0 fully saturated rings. The fraction of sp³-hybridized carbons (Fsp3) is 0.235. The number of anilines is 3. The molecule has 1 aliphatic heterocycles. The number of carbonyl (C=O) groups excluding carboxylic acids is 1. The van der Waals surface area contributed by atoms with Crippen molar-refractivity contribution < 1.29 is 9.53 Å². The summed E-state index contributed by atoms with van der Waals surface area (Å²) in [5.74, 6) is 0.272. The average Bonchev–Trinajstić information content (AvgIpc) is 2.56. The van der Waals surface area contributed by atoms with Crippen LogP contribution in [0.1, 0.15) is 22.3 Å². The van der Waals surface area contributed by atoms with Crippen molar-refractivity contribution in [2.75, 3.05) is 30.0 Å². The van der Waals surface area contributed by atoms with Crippen LogP contribution in [0.2, 0.25) is 0 Å². The molecule has 0 saturated heterocycles. The van der Waals surface area contributed by atoms with E-state index in [-0.39, 0.29) is 11.6 Å². The Balaban J connectivity index is 2.08. The topological polar surface area (TPSA) is 81.6 Å². The smallest absolute Gasteiger partial charge is 0.264 e. The Morgan fingerprint density at radius 3 is 2.73 bits per heavy atom. The lowest BCUT2D eigenvalue weighted by Crippen LogP contribution is -2.36. The van der Waals surface area contributed by atoms with Crippen molar-refractivity contribution >= 4 is 23.0 Å². The normalized spacial score (nSPS) is 13.6. The molecule has 0 spiro atoms. The van der Waals surface area contributed by atoms with Crippen molar-refractivity contribution in [1.82, 2.24) is 0 Å². The first-order valence-corrected chi connectivity index (χ1v) is 7.25. The number of aryl methyl sites for hydroxylation is 1. The second kappa shape index (κ2) is 5.60. The fourth-order valence-electron chi connectivity index (χ4n) is 2.89. The molecule has 22 heavy (non-hydrogen) atoms. The molecule has 2 aromatic carbocycles. The second-order valence-electron chi connectivity index (χ2n) is 5.33. The standard InChI is InChI=1S/C17H19N3O2/c1-22-14-9-8-12(18)16(19)15(14)17(21)20-10-4-6-11-5-2-3-7-13(11)20/h2-3,5,7-9H,4,6,10,18-19H2,1H3. The maximum absolute atomic E-state index is 13.0. The number of methoxy groups -OCH3 is 1. The highest BCUT2D eigenvalue weighted by atomic mass is 16.5. The lowest BCUT2D eigenvalue weighted by Gasteiger charge is -2.30. The zero-order chi connectivity index (χ0) is 15.7. The predicted octanol–water partition coefficient (Wildman–Crippen LogP) is 2.45. The van der Waals surface area contributed by atoms with Gasteiger partial charge in [0.15, 0.2) is 0 Å². The lowest BCUT2D eigenvalue weighted by molar-refractivity contribution is 0.0983. The molecule has 0 unspecified atom stereocenters. The van der Waals surface area contributed by atoms with E-state index in [0.29, 0.717) is 23.5 Å². The number of ether oxygens (including phenoxy) is 1. The Kier molecular flexibility index (Phi) is 3.63. The van der Waals surface area contributed by atoms with E-state index in [0.717, 1.165) is 18.5 Å². The van der Waals surface area contributed by atoms with Crippen LogP contribution >= 0.6 is 0 Å². The maximum atomic E-state index is 13.0. The summed E-state index contributed by atoms with van der Waals surface area (Å²) in [7, 11) is 1.52. The van der Waals surface area contributed by atoms with Crippen molar-refractivity contribution in [2.24, 2.45) is 0 Å². The van der Waals surface area contributed by atoms with Crippen molar-refractivity contribution in [3.8, 4) is 5.75 Å². The van der Waals surface area contributed by atoms with Gasteiger partial charge >= 0.3 is 0 Å². The van der Waals surface area contributed by atoms with Crippen LogP contribution < -0.4 is 21.1 Å². The van der Waals surface area contributed by atoms with E-state index in [1.165, 1.54) is 12.7 Å². The lowest BCUT2D eigenvalue weighted by atomic mass is 10.00. The number of nitrogen functional groups attached to an aromatic ring is 2. The number of hydrogen-bond acceptors (Lipinski definition) is 4. The van der Waals surface area contributed by atoms with Gasteiger partial charge in [0, 0.05) is 12.2 Å². The predicted molar refractivity (Wildman–Crippen MR) is 88.3 cm³/mol. The Bertz CT molecular complexity index is 728. The number of amides is 1. The number of rotatable bonds is 2. The van der Waals surface area contributed by atoms with Gasteiger partial charge in [0.05, 0.1) is 18.5 Å². The van der Waals surface area contributed by atoms with Gasteiger partial charge in [-0.25, -0.2) is 0 Å². The van der Waals surface area contributed by atoms with Crippen molar-refractivity contribution in [2.45, 2.75) is 12.8 Å². The van der Waals surface area contributed by atoms with Crippen LogP contribution in [0.3, 0.4) is 0 Å². The Labute approximate surface area is 129 Å². The molecule has 5 nitrogen and oxygen atoms in total. The van der Waals surface area contributed by atoms with E-state index >= 15 is 0 Å². The maximum Gasteiger partial charge on any atom is 0.264 e. The number of para-hydroxylation sites is 1. The van der Waals surface area contributed by atoms with E-state index in [1.807, 2.05) is 18.2 Å². The summed E-state index contributed by atoms with van der Waals surface area (Å²) in [5, 5.41) is 0. The molecule has 0 saturated carbocycles. The SMILES string of the molecule is COc1ccc(N)c(N)c1C(=O)N1CCCc2ccccc21. The molecule has 1 heterocycles. The van der Waals surface area contributed by atoms with Crippen molar-refractivity contribution in [3.63, 3.8) is 0 Å².